The maximum atomic E-state index is 12.8. The van der Waals surface area contributed by atoms with E-state index < -0.39 is 6.04 Å². The SMILES string of the molecule is CCc1oc(C(=O)N2CCN(C)C(=O)[C@H]2C)cc1CN1CCCC1. The molecule has 2 saturated heterocycles. The molecule has 3 heterocycles. The first-order chi connectivity index (χ1) is 11.5. The van der Waals surface area contributed by atoms with Crippen LogP contribution in [0.25, 0.3) is 0 Å². The van der Waals surface area contributed by atoms with Crippen LogP contribution in [0.4, 0.5) is 0 Å². The normalized spacial score (nSPS) is 22.5. The minimum Gasteiger partial charge on any atom is -0.456 e. The van der Waals surface area contributed by atoms with Crippen molar-refractivity contribution in [1.82, 2.24) is 14.7 Å². The summed E-state index contributed by atoms with van der Waals surface area (Å²) in [5.74, 6) is 1.06. The molecule has 0 radical (unpaired) electrons. The Hall–Kier alpha value is -1.82. The smallest absolute Gasteiger partial charge is 0.290 e. The molecule has 2 amide bonds. The molecule has 1 atom stereocenters. The summed E-state index contributed by atoms with van der Waals surface area (Å²) in [6.45, 7) is 8.01. The molecule has 6 heteroatoms. The summed E-state index contributed by atoms with van der Waals surface area (Å²) in [4.78, 5) is 30.7. The summed E-state index contributed by atoms with van der Waals surface area (Å²) in [5.41, 5.74) is 1.11. The van der Waals surface area contributed by atoms with Gasteiger partial charge in [-0.2, -0.15) is 0 Å². The lowest BCUT2D eigenvalue weighted by Gasteiger charge is -2.36. The Labute approximate surface area is 143 Å². The molecule has 3 rings (SSSR count). The van der Waals surface area contributed by atoms with Gasteiger partial charge >= 0.3 is 0 Å². The second kappa shape index (κ2) is 6.97. The van der Waals surface area contributed by atoms with Gasteiger partial charge in [0.15, 0.2) is 5.76 Å². The number of carbonyl (C=O) groups excluding carboxylic acids is 2. The fraction of sp³-hybridized carbons (Fsp3) is 0.667. The summed E-state index contributed by atoms with van der Waals surface area (Å²) < 4.78 is 5.86. The van der Waals surface area contributed by atoms with Gasteiger partial charge in [-0.15, -0.1) is 0 Å². The molecule has 1 aromatic rings. The van der Waals surface area contributed by atoms with E-state index in [4.69, 9.17) is 4.42 Å². The minimum absolute atomic E-state index is 0.0193. The van der Waals surface area contributed by atoms with Gasteiger partial charge in [0.05, 0.1) is 0 Å². The molecule has 0 unspecified atom stereocenters. The maximum Gasteiger partial charge on any atom is 0.290 e. The van der Waals surface area contributed by atoms with Crippen LogP contribution < -0.4 is 0 Å². The Kier molecular flexibility index (Phi) is 4.94. The molecule has 1 aromatic heterocycles. The van der Waals surface area contributed by atoms with Gasteiger partial charge in [0, 0.05) is 38.7 Å². The summed E-state index contributed by atoms with van der Waals surface area (Å²) in [7, 11) is 1.77. The highest BCUT2D eigenvalue weighted by atomic mass is 16.4. The van der Waals surface area contributed by atoms with Crippen molar-refractivity contribution in [2.45, 2.75) is 45.7 Å². The first-order valence-corrected chi connectivity index (χ1v) is 8.91. The van der Waals surface area contributed by atoms with E-state index in [2.05, 4.69) is 4.90 Å². The van der Waals surface area contributed by atoms with E-state index in [0.29, 0.717) is 18.8 Å². The Morgan fingerprint density at radius 3 is 2.62 bits per heavy atom. The van der Waals surface area contributed by atoms with Crippen LogP contribution in [-0.4, -0.2) is 65.8 Å². The number of furan rings is 1. The number of hydrogen-bond donors (Lipinski definition) is 0. The van der Waals surface area contributed by atoms with Crippen molar-refractivity contribution in [3.63, 3.8) is 0 Å². The van der Waals surface area contributed by atoms with Crippen molar-refractivity contribution < 1.29 is 14.0 Å². The minimum atomic E-state index is -0.437. The van der Waals surface area contributed by atoms with Crippen LogP contribution in [0, 0.1) is 0 Å². The van der Waals surface area contributed by atoms with E-state index in [1.54, 1.807) is 23.8 Å². The van der Waals surface area contributed by atoms with E-state index in [0.717, 1.165) is 37.4 Å². The highest BCUT2D eigenvalue weighted by molar-refractivity contribution is 5.96. The second-order valence-electron chi connectivity index (χ2n) is 6.83. The summed E-state index contributed by atoms with van der Waals surface area (Å²) in [6.07, 6.45) is 3.26. The van der Waals surface area contributed by atoms with Gasteiger partial charge in [-0.25, -0.2) is 0 Å². The second-order valence-corrected chi connectivity index (χ2v) is 6.83. The average molecular weight is 333 g/mol. The molecule has 24 heavy (non-hydrogen) atoms. The number of hydrogen-bond acceptors (Lipinski definition) is 4. The van der Waals surface area contributed by atoms with Crippen LogP contribution in [0.3, 0.4) is 0 Å². The van der Waals surface area contributed by atoms with Gasteiger partial charge in [0.25, 0.3) is 5.91 Å². The molecule has 2 aliphatic rings. The summed E-state index contributed by atoms with van der Waals surface area (Å²) >= 11 is 0. The molecule has 0 spiro atoms. The lowest BCUT2D eigenvalue weighted by Crippen LogP contribution is -2.56. The van der Waals surface area contributed by atoms with E-state index in [1.807, 2.05) is 13.0 Å². The molecule has 6 nitrogen and oxygen atoms in total. The number of likely N-dealkylation sites (tertiary alicyclic amines) is 1. The lowest BCUT2D eigenvalue weighted by atomic mass is 10.1. The van der Waals surface area contributed by atoms with E-state index in [9.17, 15) is 9.59 Å². The zero-order valence-electron chi connectivity index (χ0n) is 14.9. The topological polar surface area (TPSA) is 57.0 Å². The van der Waals surface area contributed by atoms with Crippen LogP contribution in [0.15, 0.2) is 10.5 Å². The molecule has 0 N–H and O–H groups in total. The quantitative estimate of drug-likeness (QED) is 0.842. The first-order valence-electron chi connectivity index (χ1n) is 8.91. The Morgan fingerprint density at radius 1 is 1.25 bits per heavy atom. The van der Waals surface area contributed by atoms with E-state index >= 15 is 0 Å². The fourth-order valence-corrected chi connectivity index (χ4v) is 3.62. The molecule has 0 aliphatic carbocycles. The van der Waals surface area contributed by atoms with E-state index in [1.165, 1.54) is 12.8 Å². The van der Waals surface area contributed by atoms with Gasteiger partial charge in [-0.05, 0) is 38.9 Å². The molecule has 0 saturated carbocycles. The monoisotopic (exact) mass is 333 g/mol. The molecular weight excluding hydrogens is 306 g/mol. The largest absolute Gasteiger partial charge is 0.456 e. The number of aryl methyl sites for hydroxylation is 1. The standard InChI is InChI=1S/C18H27N3O3/c1-4-15-14(12-20-7-5-6-8-20)11-16(24-15)18(23)21-10-9-19(3)17(22)13(21)2/h11,13H,4-10,12H2,1-3H3/t13-/m1/s1. The number of rotatable bonds is 4. The summed E-state index contributed by atoms with van der Waals surface area (Å²) in [5, 5.41) is 0. The lowest BCUT2D eigenvalue weighted by molar-refractivity contribution is -0.137. The Bertz CT molecular complexity index is 619. The third kappa shape index (κ3) is 3.20. The molecule has 2 fully saturated rings. The molecule has 0 bridgehead atoms. The number of amides is 2. The zero-order valence-corrected chi connectivity index (χ0v) is 14.9. The Balaban J connectivity index is 1.77. The maximum absolute atomic E-state index is 12.8. The van der Waals surface area contributed by atoms with Crippen molar-refractivity contribution in [1.29, 1.82) is 0 Å². The van der Waals surface area contributed by atoms with Crippen LogP contribution in [-0.2, 0) is 17.8 Å². The van der Waals surface area contributed by atoms with Crippen LogP contribution in [0.1, 0.15) is 48.6 Å². The van der Waals surface area contributed by atoms with Crippen molar-refractivity contribution in [2.75, 3.05) is 33.2 Å². The third-order valence-electron chi connectivity index (χ3n) is 5.16. The van der Waals surface area contributed by atoms with E-state index in [-0.39, 0.29) is 11.8 Å². The van der Waals surface area contributed by atoms with Gasteiger partial charge < -0.3 is 14.2 Å². The Morgan fingerprint density at radius 2 is 1.96 bits per heavy atom. The fourth-order valence-electron chi connectivity index (χ4n) is 3.62. The first kappa shape index (κ1) is 17.0. The van der Waals surface area contributed by atoms with Gasteiger partial charge in [0.1, 0.15) is 11.8 Å². The van der Waals surface area contributed by atoms with Crippen molar-refractivity contribution in [3.05, 3.63) is 23.2 Å². The predicted molar refractivity (Wildman–Crippen MR) is 90.7 cm³/mol. The van der Waals surface area contributed by atoms with Gasteiger partial charge in [-0.3, -0.25) is 14.5 Å². The third-order valence-corrected chi connectivity index (χ3v) is 5.16. The predicted octanol–water partition coefficient (Wildman–Crippen LogP) is 1.74. The number of nitrogens with zero attached hydrogens (tertiary/aromatic N) is 3. The highest BCUT2D eigenvalue weighted by Gasteiger charge is 2.34. The number of piperazine rings is 1. The van der Waals surface area contributed by atoms with Gasteiger partial charge in [0.2, 0.25) is 5.91 Å². The highest BCUT2D eigenvalue weighted by Crippen LogP contribution is 2.23. The van der Waals surface area contributed by atoms with Crippen molar-refractivity contribution >= 4 is 11.8 Å². The molecule has 2 aliphatic heterocycles. The molecule has 0 aromatic carbocycles. The van der Waals surface area contributed by atoms with Crippen molar-refractivity contribution in [2.24, 2.45) is 0 Å². The van der Waals surface area contributed by atoms with Crippen LogP contribution >= 0.6 is 0 Å². The molecule has 132 valence electrons. The molecular formula is C18H27N3O3. The van der Waals surface area contributed by atoms with Crippen LogP contribution in [0.5, 0.6) is 0 Å². The van der Waals surface area contributed by atoms with Crippen LogP contribution in [0.2, 0.25) is 0 Å². The summed E-state index contributed by atoms with van der Waals surface area (Å²) in [6, 6.07) is 1.45. The zero-order chi connectivity index (χ0) is 17.3. The van der Waals surface area contributed by atoms with Gasteiger partial charge in [-0.1, -0.05) is 6.92 Å². The number of carbonyl (C=O) groups is 2. The number of likely N-dealkylation sites (N-methyl/N-ethyl adjacent to an activating group) is 1. The average Bonchev–Trinajstić information content (AvgIpc) is 3.22. The van der Waals surface area contributed by atoms with Crippen molar-refractivity contribution in [3.8, 4) is 0 Å².